The summed E-state index contributed by atoms with van der Waals surface area (Å²) in [7, 11) is 0. The Morgan fingerprint density at radius 2 is 1.86 bits per heavy atom. The fraction of sp³-hybridized carbons (Fsp3) is 0.0667. The summed E-state index contributed by atoms with van der Waals surface area (Å²) in [5, 5.41) is 0.710. The second kappa shape index (κ2) is 6.87. The number of ketones is 1. The highest BCUT2D eigenvalue weighted by molar-refractivity contribution is 8.93. The third kappa shape index (κ3) is 3.71. The fourth-order valence-corrected chi connectivity index (χ4v) is 2.63. The SMILES string of the molecule is Br.O=C(CSc1nc2ccccc2[nH]1)c1ccc(F)cc1. The standard InChI is InChI=1S/C15H11FN2OS.BrH/c16-11-7-5-10(6-8-11)14(19)9-20-15-17-12-3-1-2-4-13(12)18-15;/h1-8H,9H2,(H,17,18);1H. The number of rotatable bonds is 4. The Morgan fingerprint density at radius 1 is 1.14 bits per heavy atom. The molecule has 0 atom stereocenters. The van der Waals surface area contributed by atoms with E-state index in [0.29, 0.717) is 10.7 Å². The number of Topliss-reactive ketones (excluding diaryl/α,β-unsaturated/α-hetero) is 1. The number of aromatic nitrogens is 2. The molecule has 0 amide bonds. The van der Waals surface area contributed by atoms with E-state index in [1.807, 2.05) is 24.3 Å². The number of para-hydroxylation sites is 2. The van der Waals surface area contributed by atoms with E-state index in [1.165, 1.54) is 36.0 Å². The fourth-order valence-electron chi connectivity index (χ4n) is 1.85. The Hall–Kier alpha value is -1.66. The maximum atomic E-state index is 12.8. The largest absolute Gasteiger partial charge is 0.333 e. The lowest BCUT2D eigenvalue weighted by atomic mass is 10.1. The summed E-state index contributed by atoms with van der Waals surface area (Å²) >= 11 is 1.34. The van der Waals surface area contributed by atoms with E-state index in [-0.39, 0.29) is 34.3 Å². The van der Waals surface area contributed by atoms with Crippen LogP contribution in [0.1, 0.15) is 10.4 Å². The van der Waals surface area contributed by atoms with Crippen LogP contribution in [0.5, 0.6) is 0 Å². The minimum Gasteiger partial charge on any atom is -0.333 e. The Bertz CT molecular complexity index is 725. The minimum atomic E-state index is -0.341. The van der Waals surface area contributed by atoms with Crippen molar-refractivity contribution in [1.82, 2.24) is 9.97 Å². The van der Waals surface area contributed by atoms with Crippen LogP contribution >= 0.6 is 28.7 Å². The Kier molecular flexibility index (Phi) is 5.14. The number of thioether (sulfide) groups is 1. The third-order valence-corrected chi connectivity index (χ3v) is 3.75. The average molecular weight is 367 g/mol. The number of fused-ring (bicyclic) bond motifs is 1. The van der Waals surface area contributed by atoms with Gasteiger partial charge in [-0.2, -0.15) is 0 Å². The van der Waals surface area contributed by atoms with Crippen LogP contribution in [0.15, 0.2) is 53.7 Å². The van der Waals surface area contributed by atoms with Gasteiger partial charge in [0.05, 0.1) is 16.8 Å². The van der Waals surface area contributed by atoms with Gasteiger partial charge in [-0.05, 0) is 36.4 Å². The maximum Gasteiger partial charge on any atom is 0.173 e. The van der Waals surface area contributed by atoms with E-state index in [2.05, 4.69) is 9.97 Å². The van der Waals surface area contributed by atoms with Gasteiger partial charge in [-0.3, -0.25) is 4.79 Å². The molecule has 0 bridgehead atoms. The van der Waals surface area contributed by atoms with Crippen LogP contribution in [0.25, 0.3) is 11.0 Å². The van der Waals surface area contributed by atoms with Crippen molar-refractivity contribution in [2.45, 2.75) is 5.16 Å². The molecule has 1 aromatic heterocycles. The van der Waals surface area contributed by atoms with Crippen LogP contribution in [-0.2, 0) is 0 Å². The first-order valence-electron chi connectivity index (χ1n) is 6.09. The number of carbonyl (C=O) groups is 1. The number of halogens is 2. The van der Waals surface area contributed by atoms with Gasteiger partial charge in [-0.1, -0.05) is 23.9 Å². The second-order valence-corrected chi connectivity index (χ2v) is 5.24. The van der Waals surface area contributed by atoms with Crippen molar-refractivity contribution in [2.75, 3.05) is 5.75 Å². The van der Waals surface area contributed by atoms with Crippen LogP contribution in [-0.4, -0.2) is 21.5 Å². The highest BCUT2D eigenvalue weighted by atomic mass is 79.9. The lowest BCUT2D eigenvalue weighted by Crippen LogP contribution is -2.02. The first-order chi connectivity index (χ1) is 9.72. The molecule has 0 saturated heterocycles. The van der Waals surface area contributed by atoms with Crippen molar-refractivity contribution in [3.63, 3.8) is 0 Å². The highest BCUT2D eigenvalue weighted by Gasteiger charge is 2.09. The van der Waals surface area contributed by atoms with E-state index in [9.17, 15) is 9.18 Å². The first kappa shape index (κ1) is 15.7. The summed E-state index contributed by atoms with van der Waals surface area (Å²) in [5.74, 6) is -0.118. The van der Waals surface area contributed by atoms with Crippen LogP contribution < -0.4 is 0 Å². The smallest absolute Gasteiger partial charge is 0.173 e. The van der Waals surface area contributed by atoms with E-state index in [1.54, 1.807) is 0 Å². The molecule has 3 aromatic rings. The number of hydrogen-bond donors (Lipinski definition) is 1. The number of nitrogens with one attached hydrogen (secondary N) is 1. The Morgan fingerprint density at radius 3 is 2.57 bits per heavy atom. The molecule has 3 nitrogen and oxygen atoms in total. The van der Waals surface area contributed by atoms with Gasteiger partial charge in [-0.25, -0.2) is 9.37 Å². The second-order valence-electron chi connectivity index (χ2n) is 4.28. The third-order valence-electron chi connectivity index (χ3n) is 2.87. The molecule has 0 fully saturated rings. The summed E-state index contributed by atoms with van der Waals surface area (Å²) < 4.78 is 12.8. The summed E-state index contributed by atoms with van der Waals surface area (Å²) in [4.78, 5) is 19.5. The normalized spacial score (nSPS) is 10.3. The van der Waals surface area contributed by atoms with E-state index >= 15 is 0 Å². The van der Waals surface area contributed by atoms with Crippen molar-refractivity contribution in [3.8, 4) is 0 Å². The summed E-state index contributed by atoms with van der Waals surface area (Å²) in [6.45, 7) is 0. The van der Waals surface area contributed by atoms with E-state index in [0.717, 1.165) is 11.0 Å². The molecule has 0 spiro atoms. The van der Waals surface area contributed by atoms with Crippen LogP contribution in [0, 0.1) is 5.82 Å². The van der Waals surface area contributed by atoms with E-state index < -0.39 is 0 Å². The lowest BCUT2D eigenvalue weighted by molar-refractivity contribution is 0.102. The Labute approximate surface area is 135 Å². The van der Waals surface area contributed by atoms with Crippen molar-refractivity contribution in [1.29, 1.82) is 0 Å². The molecule has 6 heteroatoms. The molecule has 0 radical (unpaired) electrons. The number of carbonyl (C=O) groups excluding carboxylic acids is 1. The number of benzene rings is 2. The van der Waals surface area contributed by atoms with Gasteiger partial charge in [0.1, 0.15) is 5.82 Å². The van der Waals surface area contributed by atoms with Gasteiger partial charge in [0.25, 0.3) is 0 Å². The van der Waals surface area contributed by atoms with Crippen molar-refractivity contribution < 1.29 is 9.18 Å². The molecule has 0 aliphatic heterocycles. The minimum absolute atomic E-state index is 0. The predicted octanol–water partition coefficient (Wildman–Crippen LogP) is 4.25. The van der Waals surface area contributed by atoms with Gasteiger partial charge in [0.2, 0.25) is 0 Å². The molecule has 21 heavy (non-hydrogen) atoms. The summed E-state index contributed by atoms with van der Waals surface area (Å²) in [5.41, 5.74) is 2.34. The maximum absolute atomic E-state index is 12.8. The summed E-state index contributed by atoms with van der Waals surface area (Å²) in [6, 6.07) is 13.3. The highest BCUT2D eigenvalue weighted by Crippen LogP contribution is 2.20. The molecule has 0 aliphatic rings. The molecule has 1 heterocycles. The van der Waals surface area contributed by atoms with Gasteiger partial charge in [-0.15, -0.1) is 17.0 Å². The Balaban J connectivity index is 0.00000161. The molecule has 3 rings (SSSR count). The summed E-state index contributed by atoms with van der Waals surface area (Å²) in [6.07, 6.45) is 0. The monoisotopic (exact) mass is 366 g/mol. The number of H-pyrrole nitrogens is 1. The number of nitrogens with zero attached hydrogens (tertiary/aromatic N) is 1. The molecule has 2 aromatic carbocycles. The average Bonchev–Trinajstić information content (AvgIpc) is 2.88. The molecular weight excluding hydrogens is 355 g/mol. The zero-order chi connectivity index (χ0) is 13.9. The van der Waals surface area contributed by atoms with Crippen molar-refractivity contribution in [3.05, 3.63) is 59.9 Å². The van der Waals surface area contributed by atoms with Gasteiger partial charge in [0.15, 0.2) is 10.9 Å². The first-order valence-corrected chi connectivity index (χ1v) is 7.07. The van der Waals surface area contributed by atoms with Crippen LogP contribution in [0.2, 0.25) is 0 Å². The zero-order valence-corrected chi connectivity index (χ0v) is 13.4. The van der Waals surface area contributed by atoms with Gasteiger partial charge in [0, 0.05) is 5.56 Å². The number of hydrogen-bond acceptors (Lipinski definition) is 3. The quantitative estimate of drug-likeness (QED) is 0.554. The molecule has 108 valence electrons. The molecule has 0 unspecified atom stereocenters. The van der Waals surface area contributed by atoms with Crippen LogP contribution in [0.3, 0.4) is 0 Å². The number of imidazole rings is 1. The predicted molar refractivity (Wildman–Crippen MR) is 87.9 cm³/mol. The molecule has 0 saturated carbocycles. The molecule has 1 N–H and O–H groups in total. The number of aromatic amines is 1. The van der Waals surface area contributed by atoms with Crippen molar-refractivity contribution in [2.24, 2.45) is 0 Å². The molecular formula is C15H12BrFN2OS. The topological polar surface area (TPSA) is 45.8 Å². The molecule has 0 aliphatic carbocycles. The van der Waals surface area contributed by atoms with Gasteiger partial charge < -0.3 is 4.98 Å². The van der Waals surface area contributed by atoms with Crippen molar-refractivity contribution >= 4 is 45.6 Å². The van der Waals surface area contributed by atoms with Gasteiger partial charge >= 0.3 is 0 Å². The van der Waals surface area contributed by atoms with Crippen LogP contribution in [0.4, 0.5) is 4.39 Å². The zero-order valence-electron chi connectivity index (χ0n) is 10.9. The lowest BCUT2D eigenvalue weighted by Gasteiger charge is -1.99. The van der Waals surface area contributed by atoms with E-state index in [4.69, 9.17) is 0 Å².